The van der Waals surface area contributed by atoms with Crippen molar-refractivity contribution in [2.45, 2.75) is 34.6 Å². The second-order valence-corrected chi connectivity index (χ2v) is 7.98. The molecular weight excluding hydrogens is 436 g/mol. The lowest BCUT2D eigenvalue weighted by atomic mass is 10.1. The molecule has 2 aromatic rings. The summed E-state index contributed by atoms with van der Waals surface area (Å²) in [6.45, 7) is 11.5. The van der Waals surface area contributed by atoms with Gasteiger partial charge in [-0.3, -0.25) is 9.59 Å². The van der Waals surface area contributed by atoms with Crippen molar-refractivity contribution in [1.82, 2.24) is 4.90 Å². The summed E-state index contributed by atoms with van der Waals surface area (Å²) in [4.78, 5) is 38.8. The maximum absolute atomic E-state index is 12.4. The van der Waals surface area contributed by atoms with Gasteiger partial charge in [0.15, 0.2) is 18.1 Å². The highest BCUT2D eigenvalue weighted by Crippen LogP contribution is 2.29. The first-order chi connectivity index (χ1) is 16.3. The van der Waals surface area contributed by atoms with E-state index in [4.69, 9.17) is 14.2 Å². The first kappa shape index (κ1) is 26.7. The van der Waals surface area contributed by atoms with Gasteiger partial charge in [0.05, 0.1) is 18.8 Å². The Morgan fingerprint density at radius 2 is 1.53 bits per heavy atom. The zero-order valence-electron chi connectivity index (χ0n) is 20.6. The standard InChI is InChI=1S/C26H34N2O6/c1-6-28(7-2)25(30)19-9-12-21(13-10-19)27-24(29)17-34-26(31)20-11-14-22(33-16-18(4)5)23(15-20)32-8-3/h9-15,18H,6-8,16-17H2,1-5H3,(H,27,29). The molecule has 0 heterocycles. The Morgan fingerprint density at radius 3 is 2.12 bits per heavy atom. The Balaban J connectivity index is 1.94. The molecule has 1 N–H and O–H groups in total. The minimum absolute atomic E-state index is 0.0659. The molecule has 184 valence electrons. The summed E-state index contributed by atoms with van der Waals surface area (Å²) >= 11 is 0. The second kappa shape index (κ2) is 13.2. The van der Waals surface area contributed by atoms with Gasteiger partial charge in [0.2, 0.25) is 0 Å². The van der Waals surface area contributed by atoms with Crippen molar-refractivity contribution < 1.29 is 28.6 Å². The molecular formula is C26H34N2O6. The van der Waals surface area contributed by atoms with Crippen LogP contribution in [-0.2, 0) is 9.53 Å². The van der Waals surface area contributed by atoms with Crippen LogP contribution < -0.4 is 14.8 Å². The van der Waals surface area contributed by atoms with E-state index >= 15 is 0 Å². The third kappa shape index (κ3) is 7.79. The highest BCUT2D eigenvalue weighted by atomic mass is 16.5. The molecule has 0 bridgehead atoms. The van der Waals surface area contributed by atoms with Crippen molar-refractivity contribution in [3.8, 4) is 11.5 Å². The van der Waals surface area contributed by atoms with E-state index in [9.17, 15) is 14.4 Å². The molecule has 2 aromatic carbocycles. The first-order valence-corrected chi connectivity index (χ1v) is 11.5. The summed E-state index contributed by atoms with van der Waals surface area (Å²) in [6.07, 6.45) is 0. The Bertz CT molecular complexity index is 968. The molecule has 0 aliphatic carbocycles. The van der Waals surface area contributed by atoms with Crippen LogP contribution in [0.1, 0.15) is 55.3 Å². The summed E-state index contributed by atoms with van der Waals surface area (Å²) < 4.78 is 16.5. The van der Waals surface area contributed by atoms with Crippen LogP contribution in [0.5, 0.6) is 11.5 Å². The van der Waals surface area contributed by atoms with E-state index in [1.54, 1.807) is 47.4 Å². The molecule has 0 aromatic heterocycles. The molecule has 0 unspecified atom stereocenters. The number of carbonyl (C=O) groups is 3. The van der Waals surface area contributed by atoms with Crippen molar-refractivity contribution in [3.05, 3.63) is 53.6 Å². The highest BCUT2D eigenvalue weighted by Gasteiger charge is 2.16. The summed E-state index contributed by atoms with van der Waals surface area (Å²) in [6, 6.07) is 11.4. The predicted octanol–water partition coefficient (Wildman–Crippen LogP) is 4.40. The molecule has 2 amide bonds. The second-order valence-electron chi connectivity index (χ2n) is 7.98. The highest BCUT2D eigenvalue weighted by molar-refractivity contribution is 5.97. The van der Waals surface area contributed by atoms with Crippen LogP contribution in [0.25, 0.3) is 0 Å². The summed E-state index contributed by atoms with van der Waals surface area (Å²) in [5.74, 6) is 0.138. The molecule has 2 rings (SSSR count). The number of ether oxygens (including phenoxy) is 3. The Hall–Kier alpha value is -3.55. The zero-order chi connectivity index (χ0) is 25.1. The fourth-order valence-electron chi connectivity index (χ4n) is 3.08. The largest absolute Gasteiger partial charge is 0.490 e. The van der Waals surface area contributed by atoms with Gasteiger partial charge in [0.25, 0.3) is 11.8 Å². The van der Waals surface area contributed by atoms with Gasteiger partial charge in [-0.15, -0.1) is 0 Å². The number of hydrogen-bond acceptors (Lipinski definition) is 6. The van der Waals surface area contributed by atoms with E-state index in [0.29, 0.717) is 55.0 Å². The van der Waals surface area contributed by atoms with E-state index in [2.05, 4.69) is 5.32 Å². The molecule has 0 atom stereocenters. The van der Waals surface area contributed by atoms with Crippen LogP contribution in [0.2, 0.25) is 0 Å². The zero-order valence-corrected chi connectivity index (χ0v) is 20.6. The van der Waals surface area contributed by atoms with E-state index < -0.39 is 18.5 Å². The first-order valence-electron chi connectivity index (χ1n) is 11.5. The van der Waals surface area contributed by atoms with Crippen molar-refractivity contribution in [1.29, 1.82) is 0 Å². The van der Waals surface area contributed by atoms with E-state index in [0.717, 1.165) is 0 Å². The molecule has 0 fully saturated rings. The van der Waals surface area contributed by atoms with Crippen molar-refractivity contribution >= 4 is 23.5 Å². The molecule has 8 nitrogen and oxygen atoms in total. The Labute approximate surface area is 201 Å². The number of amides is 2. The normalized spacial score (nSPS) is 10.5. The van der Waals surface area contributed by atoms with Crippen LogP contribution >= 0.6 is 0 Å². The Morgan fingerprint density at radius 1 is 0.882 bits per heavy atom. The lowest BCUT2D eigenvalue weighted by Crippen LogP contribution is -2.30. The van der Waals surface area contributed by atoms with E-state index in [1.807, 2.05) is 34.6 Å². The number of hydrogen-bond donors (Lipinski definition) is 1. The average Bonchev–Trinajstić information content (AvgIpc) is 2.83. The molecule has 34 heavy (non-hydrogen) atoms. The number of nitrogens with zero attached hydrogens (tertiary/aromatic N) is 1. The fourth-order valence-corrected chi connectivity index (χ4v) is 3.08. The van der Waals surface area contributed by atoms with Gasteiger partial charge in [0.1, 0.15) is 0 Å². The van der Waals surface area contributed by atoms with Gasteiger partial charge < -0.3 is 24.4 Å². The average molecular weight is 471 g/mol. The van der Waals surface area contributed by atoms with Crippen molar-refractivity contribution in [2.24, 2.45) is 5.92 Å². The summed E-state index contributed by atoms with van der Waals surface area (Å²) in [5.41, 5.74) is 1.30. The SMILES string of the molecule is CCOc1cc(C(=O)OCC(=O)Nc2ccc(C(=O)N(CC)CC)cc2)ccc1OCC(C)C. The van der Waals surface area contributed by atoms with Crippen LogP contribution in [0.3, 0.4) is 0 Å². The van der Waals surface area contributed by atoms with Crippen LogP contribution in [-0.4, -0.2) is 55.6 Å². The summed E-state index contributed by atoms with van der Waals surface area (Å²) in [5, 5.41) is 2.65. The smallest absolute Gasteiger partial charge is 0.338 e. The van der Waals surface area contributed by atoms with Gasteiger partial charge in [0, 0.05) is 24.3 Å². The topological polar surface area (TPSA) is 94.2 Å². The third-order valence-electron chi connectivity index (χ3n) is 4.85. The van der Waals surface area contributed by atoms with Crippen LogP contribution in [0, 0.1) is 5.92 Å². The van der Waals surface area contributed by atoms with Gasteiger partial charge >= 0.3 is 5.97 Å². The van der Waals surface area contributed by atoms with Gasteiger partial charge in [-0.1, -0.05) is 13.8 Å². The lowest BCUT2D eigenvalue weighted by Gasteiger charge is -2.18. The number of benzene rings is 2. The lowest BCUT2D eigenvalue weighted by molar-refractivity contribution is -0.119. The Kier molecular flexibility index (Phi) is 10.4. The number of rotatable bonds is 12. The monoisotopic (exact) mass is 470 g/mol. The van der Waals surface area contributed by atoms with E-state index in [-0.39, 0.29) is 11.5 Å². The number of nitrogens with one attached hydrogen (secondary N) is 1. The quantitative estimate of drug-likeness (QED) is 0.462. The minimum Gasteiger partial charge on any atom is -0.490 e. The van der Waals surface area contributed by atoms with Crippen molar-refractivity contribution in [2.75, 3.05) is 38.2 Å². The van der Waals surface area contributed by atoms with Crippen molar-refractivity contribution in [3.63, 3.8) is 0 Å². The van der Waals surface area contributed by atoms with Gasteiger partial charge in [-0.25, -0.2) is 4.79 Å². The maximum atomic E-state index is 12.4. The minimum atomic E-state index is -0.647. The van der Waals surface area contributed by atoms with Crippen LogP contribution in [0.4, 0.5) is 5.69 Å². The number of esters is 1. The summed E-state index contributed by atoms with van der Waals surface area (Å²) in [7, 11) is 0. The van der Waals surface area contributed by atoms with Gasteiger partial charge in [-0.2, -0.15) is 0 Å². The van der Waals surface area contributed by atoms with Gasteiger partial charge in [-0.05, 0) is 69.2 Å². The molecule has 0 aliphatic heterocycles. The molecule has 0 saturated carbocycles. The number of carbonyl (C=O) groups excluding carboxylic acids is 3. The molecule has 8 heteroatoms. The predicted molar refractivity (Wildman–Crippen MR) is 131 cm³/mol. The third-order valence-corrected chi connectivity index (χ3v) is 4.85. The van der Waals surface area contributed by atoms with E-state index in [1.165, 1.54) is 0 Å². The molecule has 0 saturated heterocycles. The van der Waals surface area contributed by atoms with Crippen LogP contribution in [0.15, 0.2) is 42.5 Å². The molecule has 0 radical (unpaired) electrons. The fraction of sp³-hybridized carbons (Fsp3) is 0.423. The number of anilines is 1. The maximum Gasteiger partial charge on any atom is 0.338 e. The molecule has 0 aliphatic rings. The molecule has 0 spiro atoms.